The Morgan fingerprint density at radius 2 is 1.89 bits per heavy atom. The summed E-state index contributed by atoms with van der Waals surface area (Å²) >= 11 is 3.51. The molecule has 0 N–H and O–H groups in total. The first kappa shape index (κ1) is 15.1. The van der Waals surface area contributed by atoms with E-state index in [-0.39, 0.29) is 5.41 Å². The number of allylic oxidation sites excluding steroid dienone is 1. The Hall–Kier alpha value is -0.960. The van der Waals surface area contributed by atoms with Crippen LogP contribution in [-0.2, 0) is 0 Å². The fraction of sp³-hybridized carbons (Fsp3) is 0.467. The number of rotatable bonds is 8. The van der Waals surface area contributed by atoms with Gasteiger partial charge in [0.1, 0.15) is 0 Å². The Kier molecular flexibility index (Phi) is 6.27. The van der Waals surface area contributed by atoms with Crippen LogP contribution in [0, 0.1) is 5.41 Å². The van der Waals surface area contributed by atoms with E-state index in [4.69, 9.17) is 9.47 Å². The van der Waals surface area contributed by atoms with Gasteiger partial charge in [0.25, 0.3) is 0 Å². The standard InChI is InChI=1S/C15H21BrO2/c1-4-15(3,12-16)10-11-18-14-9-7-6-8-13(14)17-5-2/h4,6-9H,1,5,10-12H2,2-3H3. The maximum absolute atomic E-state index is 5.80. The summed E-state index contributed by atoms with van der Waals surface area (Å²) in [6.45, 7) is 9.29. The normalized spacial score (nSPS) is 13.7. The zero-order valence-electron chi connectivity index (χ0n) is 11.1. The molecule has 0 heterocycles. The highest BCUT2D eigenvalue weighted by atomic mass is 79.9. The Bertz CT molecular complexity index is 379. The van der Waals surface area contributed by atoms with Crippen LogP contribution in [0.5, 0.6) is 11.5 Å². The van der Waals surface area contributed by atoms with Gasteiger partial charge in [-0.15, -0.1) is 6.58 Å². The van der Waals surface area contributed by atoms with Crippen molar-refractivity contribution in [1.82, 2.24) is 0 Å². The third-order valence-electron chi connectivity index (χ3n) is 2.88. The smallest absolute Gasteiger partial charge is 0.161 e. The van der Waals surface area contributed by atoms with Crippen molar-refractivity contribution in [2.45, 2.75) is 20.3 Å². The molecular formula is C15H21BrO2. The molecular weight excluding hydrogens is 292 g/mol. The predicted molar refractivity (Wildman–Crippen MR) is 79.8 cm³/mol. The molecule has 100 valence electrons. The van der Waals surface area contributed by atoms with E-state index in [0.717, 1.165) is 23.2 Å². The number of para-hydroxylation sites is 2. The summed E-state index contributed by atoms with van der Waals surface area (Å²) in [6.07, 6.45) is 2.89. The SMILES string of the molecule is C=CC(C)(CBr)CCOc1ccccc1OCC. The van der Waals surface area contributed by atoms with Crippen molar-refractivity contribution in [1.29, 1.82) is 0 Å². The number of halogens is 1. The molecule has 0 aliphatic carbocycles. The van der Waals surface area contributed by atoms with E-state index in [0.29, 0.717) is 13.2 Å². The number of alkyl halides is 1. The van der Waals surface area contributed by atoms with E-state index < -0.39 is 0 Å². The van der Waals surface area contributed by atoms with Crippen LogP contribution in [-0.4, -0.2) is 18.5 Å². The number of benzene rings is 1. The predicted octanol–water partition coefficient (Wildman–Crippen LogP) is 4.44. The molecule has 1 aromatic carbocycles. The lowest BCUT2D eigenvalue weighted by molar-refractivity contribution is 0.245. The fourth-order valence-electron chi connectivity index (χ4n) is 1.46. The van der Waals surface area contributed by atoms with Gasteiger partial charge in [0.2, 0.25) is 0 Å². The molecule has 0 aliphatic heterocycles. The minimum absolute atomic E-state index is 0.0700. The van der Waals surface area contributed by atoms with E-state index in [1.165, 1.54) is 0 Å². The summed E-state index contributed by atoms with van der Waals surface area (Å²) in [5.74, 6) is 1.61. The molecule has 1 rings (SSSR count). The third-order valence-corrected chi connectivity index (χ3v) is 4.16. The second kappa shape index (κ2) is 7.47. The third kappa shape index (κ3) is 4.37. The van der Waals surface area contributed by atoms with Crippen molar-refractivity contribution in [2.75, 3.05) is 18.5 Å². The van der Waals surface area contributed by atoms with Gasteiger partial charge in [0.15, 0.2) is 11.5 Å². The highest BCUT2D eigenvalue weighted by molar-refractivity contribution is 9.09. The molecule has 2 nitrogen and oxygen atoms in total. The van der Waals surface area contributed by atoms with Gasteiger partial charge in [-0.25, -0.2) is 0 Å². The Morgan fingerprint density at radius 3 is 2.39 bits per heavy atom. The molecule has 0 aromatic heterocycles. The number of ether oxygens (including phenoxy) is 2. The zero-order chi connectivity index (χ0) is 13.4. The van der Waals surface area contributed by atoms with Gasteiger partial charge in [0.05, 0.1) is 13.2 Å². The average Bonchev–Trinajstić information content (AvgIpc) is 2.41. The molecule has 0 spiro atoms. The number of hydrogen-bond acceptors (Lipinski definition) is 2. The van der Waals surface area contributed by atoms with Crippen molar-refractivity contribution in [3.05, 3.63) is 36.9 Å². The summed E-state index contributed by atoms with van der Waals surface area (Å²) in [5, 5.41) is 0.889. The van der Waals surface area contributed by atoms with E-state index in [1.54, 1.807) is 0 Å². The monoisotopic (exact) mass is 312 g/mol. The first-order chi connectivity index (χ1) is 8.65. The molecule has 3 heteroatoms. The summed E-state index contributed by atoms with van der Waals surface area (Å²) < 4.78 is 11.3. The van der Waals surface area contributed by atoms with Gasteiger partial charge in [0, 0.05) is 5.33 Å². The largest absolute Gasteiger partial charge is 0.490 e. The topological polar surface area (TPSA) is 18.5 Å². The van der Waals surface area contributed by atoms with Crippen LogP contribution >= 0.6 is 15.9 Å². The fourth-order valence-corrected chi connectivity index (χ4v) is 1.97. The van der Waals surface area contributed by atoms with Gasteiger partial charge >= 0.3 is 0 Å². The van der Waals surface area contributed by atoms with Crippen LogP contribution in [0.2, 0.25) is 0 Å². The second-order valence-electron chi connectivity index (χ2n) is 4.47. The summed E-state index contributed by atoms with van der Waals surface area (Å²) in [7, 11) is 0. The van der Waals surface area contributed by atoms with Crippen LogP contribution in [0.1, 0.15) is 20.3 Å². The van der Waals surface area contributed by atoms with Crippen LogP contribution in [0.3, 0.4) is 0 Å². The summed E-state index contributed by atoms with van der Waals surface area (Å²) in [4.78, 5) is 0. The van der Waals surface area contributed by atoms with Crippen LogP contribution in [0.15, 0.2) is 36.9 Å². The summed E-state index contributed by atoms with van der Waals surface area (Å²) in [6, 6.07) is 7.76. The van der Waals surface area contributed by atoms with Crippen LogP contribution in [0.25, 0.3) is 0 Å². The highest BCUT2D eigenvalue weighted by Crippen LogP contribution is 2.29. The van der Waals surface area contributed by atoms with E-state index in [1.807, 2.05) is 37.3 Å². The molecule has 0 amide bonds. The zero-order valence-corrected chi connectivity index (χ0v) is 12.7. The van der Waals surface area contributed by atoms with Gasteiger partial charge in [-0.05, 0) is 30.9 Å². The van der Waals surface area contributed by atoms with Crippen molar-refractivity contribution in [2.24, 2.45) is 5.41 Å². The van der Waals surface area contributed by atoms with Gasteiger partial charge in [-0.3, -0.25) is 0 Å². The molecule has 0 fully saturated rings. The maximum Gasteiger partial charge on any atom is 0.161 e. The summed E-state index contributed by atoms with van der Waals surface area (Å²) in [5.41, 5.74) is 0.0700. The van der Waals surface area contributed by atoms with Crippen molar-refractivity contribution < 1.29 is 9.47 Å². The Balaban J connectivity index is 2.55. The molecule has 1 unspecified atom stereocenters. The molecule has 0 aliphatic rings. The van der Waals surface area contributed by atoms with Crippen molar-refractivity contribution in [3.63, 3.8) is 0 Å². The molecule has 0 radical (unpaired) electrons. The highest BCUT2D eigenvalue weighted by Gasteiger charge is 2.18. The van der Waals surface area contributed by atoms with Crippen molar-refractivity contribution in [3.8, 4) is 11.5 Å². The molecule has 0 bridgehead atoms. The average molecular weight is 313 g/mol. The second-order valence-corrected chi connectivity index (χ2v) is 5.03. The molecule has 0 saturated heterocycles. The maximum atomic E-state index is 5.80. The minimum atomic E-state index is 0.0700. The molecule has 1 aromatic rings. The molecule has 1 atom stereocenters. The Morgan fingerprint density at radius 1 is 1.28 bits per heavy atom. The van der Waals surface area contributed by atoms with Crippen LogP contribution < -0.4 is 9.47 Å². The Labute approximate surface area is 118 Å². The first-order valence-corrected chi connectivity index (χ1v) is 7.31. The number of hydrogen-bond donors (Lipinski definition) is 0. The van der Waals surface area contributed by atoms with Crippen molar-refractivity contribution >= 4 is 15.9 Å². The minimum Gasteiger partial charge on any atom is -0.490 e. The van der Waals surface area contributed by atoms with Gasteiger partial charge in [-0.2, -0.15) is 0 Å². The van der Waals surface area contributed by atoms with E-state index in [9.17, 15) is 0 Å². The van der Waals surface area contributed by atoms with Gasteiger partial charge < -0.3 is 9.47 Å². The van der Waals surface area contributed by atoms with Gasteiger partial charge in [-0.1, -0.05) is 41.1 Å². The quantitative estimate of drug-likeness (QED) is 0.522. The molecule has 18 heavy (non-hydrogen) atoms. The van der Waals surface area contributed by atoms with Crippen LogP contribution in [0.4, 0.5) is 0 Å². The molecule has 0 saturated carbocycles. The van der Waals surface area contributed by atoms with E-state index >= 15 is 0 Å². The first-order valence-electron chi connectivity index (χ1n) is 6.19. The lowest BCUT2D eigenvalue weighted by atomic mass is 9.90. The lowest BCUT2D eigenvalue weighted by Crippen LogP contribution is -2.18. The lowest BCUT2D eigenvalue weighted by Gasteiger charge is -2.23. The van der Waals surface area contributed by atoms with E-state index in [2.05, 4.69) is 29.4 Å².